The number of hydrogen-bond donors (Lipinski definition) is 0. The van der Waals surface area contributed by atoms with Crippen LogP contribution in [0.4, 0.5) is 4.39 Å². The van der Waals surface area contributed by atoms with E-state index in [9.17, 15) is 9.18 Å². The summed E-state index contributed by atoms with van der Waals surface area (Å²) in [4.78, 5) is 13.5. The predicted molar refractivity (Wildman–Crippen MR) is 64.8 cm³/mol. The van der Waals surface area contributed by atoms with Crippen LogP contribution in [0, 0.1) is 17.1 Å². The second-order valence-corrected chi connectivity index (χ2v) is 3.64. The van der Waals surface area contributed by atoms with E-state index in [1.807, 2.05) is 13.0 Å². The Morgan fingerprint density at radius 1 is 1.56 bits per heavy atom. The molecule has 0 aromatic heterocycles. The summed E-state index contributed by atoms with van der Waals surface area (Å²) in [6, 6.07) is 6.06. The third-order valence-corrected chi connectivity index (χ3v) is 2.56. The van der Waals surface area contributed by atoms with Crippen LogP contribution in [0.1, 0.15) is 23.7 Å². The standard InChI is InChI=1S/C13H15FN2O2/c1-3-16(8-4-7-15)13(17)10-5-6-12(18-2)11(14)9-10/h5-6,9H,3-4,8H2,1-2H3. The first kappa shape index (κ1) is 14.0. The van der Waals surface area contributed by atoms with E-state index >= 15 is 0 Å². The van der Waals surface area contributed by atoms with Crippen LogP contribution in [-0.4, -0.2) is 31.0 Å². The summed E-state index contributed by atoms with van der Waals surface area (Å²) in [6.45, 7) is 2.64. The van der Waals surface area contributed by atoms with Crippen LogP contribution < -0.4 is 4.74 Å². The minimum absolute atomic E-state index is 0.103. The minimum Gasteiger partial charge on any atom is -0.494 e. The summed E-state index contributed by atoms with van der Waals surface area (Å²) in [5.41, 5.74) is 0.257. The molecule has 1 amide bonds. The first-order valence-electron chi connectivity index (χ1n) is 5.63. The van der Waals surface area contributed by atoms with E-state index in [-0.39, 0.29) is 23.6 Å². The van der Waals surface area contributed by atoms with E-state index in [2.05, 4.69) is 0 Å². The van der Waals surface area contributed by atoms with E-state index in [0.29, 0.717) is 13.1 Å². The lowest BCUT2D eigenvalue weighted by Crippen LogP contribution is -2.31. The van der Waals surface area contributed by atoms with Crippen molar-refractivity contribution in [3.63, 3.8) is 0 Å². The molecule has 0 spiro atoms. The highest BCUT2D eigenvalue weighted by molar-refractivity contribution is 5.94. The van der Waals surface area contributed by atoms with E-state index in [4.69, 9.17) is 10.00 Å². The van der Waals surface area contributed by atoms with Gasteiger partial charge in [-0.05, 0) is 25.1 Å². The number of benzene rings is 1. The molecule has 0 atom stereocenters. The molecule has 5 heteroatoms. The highest BCUT2D eigenvalue weighted by atomic mass is 19.1. The maximum absolute atomic E-state index is 13.5. The summed E-state index contributed by atoms with van der Waals surface area (Å²) in [6.07, 6.45) is 0.262. The first-order chi connectivity index (χ1) is 8.63. The Morgan fingerprint density at radius 2 is 2.28 bits per heavy atom. The lowest BCUT2D eigenvalue weighted by Gasteiger charge is -2.19. The zero-order valence-corrected chi connectivity index (χ0v) is 10.4. The molecular weight excluding hydrogens is 235 g/mol. The molecule has 0 saturated carbocycles. The van der Waals surface area contributed by atoms with Gasteiger partial charge in [-0.25, -0.2) is 4.39 Å². The van der Waals surface area contributed by atoms with Gasteiger partial charge in [0.2, 0.25) is 0 Å². The van der Waals surface area contributed by atoms with Gasteiger partial charge in [-0.2, -0.15) is 5.26 Å². The second-order valence-electron chi connectivity index (χ2n) is 3.64. The molecule has 18 heavy (non-hydrogen) atoms. The van der Waals surface area contributed by atoms with Gasteiger partial charge in [0.05, 0.1) is 19.6 Å². The van der Waals surface area contributed by atoms with Gasteiger partial charge in [0, 0.05) is 18.7 Å². The quantitative estimate of drug-likeness (QED) is 0.805. The summed E-state index contributed by atoms with van der Waals surface area (Å²) in [7, 11) is 1.37. The zero-order chi connectivity index (χ0) is 13.5. The van der Waals surface area contributed by atoms with Crippen LogP contribution >= 0.6 is 0 Å². The third kappa shape index (κ3) is 3.20. The number of nitriles is 1. The van der Waals surface area contributed by atoms with Gasteiger partial charge in [-0.15, -0.1) is 0 Å². The molecule has 0 heterocycles. The van der Waals surface area contributed by atoms with Crippen molar-refractivity contribution in [1.82, 2.24) is 4.90 Å². The fraction of sp³-hybridized carbons (Fsp3) is 0.385. The van der Waals surface area contributed by atoms with Crippen LogP contribution in [0.3, 0.4) is 0 Å². The van der Waals surface area contributed by atoms with Gasteiger partial charge >= 0.3 is 0 Å². The summed E-state index contributed by atoms with van der Waals surface area (Å²) in [5.74, 6) is -0.749. The van der Waals surface area contributed by atoms with Crippen molar-refractivity contribution in [3.8, 4) is 11.8 Å². The van der Waals surface area contributed by atoms with Crippen molar-refractivity contribution in [2.45, 2.75) is 13.3 Å². The topological polar surface area (TPSA) is 53.3 Å². The number of rotatable bonds is 5. The van der Waals surface area contributed by atoms with Crippen molar-refractivity contribution in [3.05, 3.63) is 29.6 Å². The Morgan fingerprint density at radius 3 is 2.78 bits per heavy atom. The SMILES string of the molecule is CCN(CCC#N)C(=O)c1ccc(OC)c(F)c1. The highest BCUT2D eigenvalue weighted by Crippen LogP contribution is 2.18. The van der Waals surface area contributed by atoms with Crippen LogP contribution in [0.25, 0.3) is 0 Å². The van der Waals surface area contributed by atoms with Crippen LogP contribution in [0.15, 0.2) is 18.2 Å². The zero-order valence-electron chi connectivity index (χ0n) is 10.4. The largest absolute Gasteiger partial charge is 0.494 e. The Labute approximate surface area is 106 Å². The monoisotopic (exact) mass is 250 g/mol. The van der Waals surface area contributed by atoms with Gasteiger partial charge in [-0.3, -0.25) is 4.79 Å². The molecule has 0 N–H and O–H groups in total. The Hall–Kier alpha value is -2.09. The molecule has 1 rings (SSSR count). The van der Waals surface area contributed by atoms with E-state index in [0.717, 1.165) is 6.07 Å². The van der Waals surface area contributed by atoms with Gasteiger partial charge in [0.1, 0.15) is 0 Å². The fourth-order valence-corrected chi connectivity index (χ4v) is 1.57. The molecule has 0 bridgehead atoms. The maximum Gasteiger partial charge on any atom is 0.253 e. The van der Waals surface area contributed by atoms with Gasteiger partial charge in [0.25, 0.3) is 5.91 Å². The molecule has 1 aromatic rings. The number of carbonyl (C=O) groups excluding carboxylic acids is 1. The molecule has 0 aliphatic heterocycles. The Kier molecular flexibility index (Phi) is 5.12. The lowest BCUT2D eigenvalue weighted by molar-refractivity contribution is 0.0767. The molecule has 0 unspecified atom stereocenters. The average molecular weight is 250 g/mol. The van der Waals surface area contributed by atoms with Crippen LogP contribution in [0.2, 0.25) is 0 Å². The van der Waals surface area contributed by atoms with Crippen LogP contribution in [-0.2, 0) is 0 Å². The lowest BCUT2D eigenvalue weighted by atomic mass is 10.1. The number of carbonyl (C=O) groups is 1. The molecular formula is C13H15FN2O2. The third-order valence-electron chi connectivity index (χ3n) is 2.56. The molecule has 1 aromatic carbocycles. The first-order valence-corrected chi connectivity index (χ1v) is 5.63. The number of nitrogens with zero attached hydrogens (tertiary/aromatic N) is 2. The number of hydrogen-bond acceptors (Lipinski definition) is 3. The van der Waals surface area contributed by atoms with Crippen molar-refractivity contribution < 1.29 is 13.9 Å². The summed E-state index contributed by atoms with van der Waals surface area (Å²) < 4.78 is 18.3. The molecule has 0 saturated heterocycles. The number of methoxy groups -OCH3 is 1. The molecule has 0 fully saturated rings. The van der Waals surface area contributed by atoms with Gasteiger partial charge in [-0.1, -0.05) is 0 Å². The molecule has 96 valence electrons. The second kappa shape index (κ2) is 6.60. The van der Waals surface area contributed by atoms with E-state index in [1.165, 1.54) is 24.1 Å². The summed E-state index contributed by atoms with van der Waals surface area (Å²) >= 11 is 0. The predicted octanol–water partition coefficient (Wildman–Crippen LogP) is 2.21. The van der Waals surface area contributed by atoms with Crippen molar-refractivity contribution in [2.24, 2.45) is 0 Å². The van der Waals surface area contributed by atoms with Crippen LogP contribution in [0.5, 0.6) is 5.75 Å². The smallest absolute Gasteiger partial charge is 0.253 e. The Balaban J connectivity index is 2.89. The number of ether oxygens (including phenoxy) is 1. The van der Waals surface area contributed by atoms with Gasteiger partial charge in [0.15, 0.2) is 11.6 Å². The van der Waals surface area contributed by atoms with Crippen molar-refractivity contribution >= 4 is 5.91 Å². The number of halogens is 1. The fourth-order valence-electron chi connectivity index (χ4n) is 1.57. The highest BCUT2D eigenvalue weighted by Gasteiger charge is 2.15. The van der Waals surface area contributed by atoms with Gasteiger partial charge < -0.3 is 9.64 Å². The average Bonchev–Trinajstić information content (AvgIpc) is 2.39. The summed E-state index contributed by atoms with van der Waals surface area (Å²) in [5, 5.41) is 8.51. The maximum atomic E-state index is 13.5. The number of amides is 1. The molecule has 0 aliphatic rings. The van der Waals surface area contributed by atoms with E-state index < -0.39 is 5.82 Å². The normalized spacial score (nSPS) is 9.67. The van der Waals surface area contributed by atoms with E-state index in [1.54, 1.807) is 0 Å². The van der Waals surface area contributed by atoms with Crippen molar-refractivity contribution in [2.75, 3.05) is 20.2 Å². The molecule has 0 aliphatic carbocycles. The van der Waals surface area contributed by atoms with Crippen molar-refractivity contribution in [1.29, 1.82) is 5.26 Å². The Bertz CT molecular complexity index is 469. The molecule has 0 radical (unpaired) electrons. The molecule has 4 nitrogen and oxygen atoms in total. The minimum atomic E-state index is -0.570.